The molecule has 1 aliphatic heterocycles. The average molecular weight is 276 g/mol. The Kier molecular flexibility index (Phi) is 5.41. The summed E-state index contributed by atoms with van der Waals surface area (Å²) in [6, 6.07) is 5.95. The van der Waals surface area contributed by atoms with Crippen LogP contribution in [0.1, 0.15) is 37.3 Å². The number of nitrogens with zero attached hydrogens (tertiary/aromatic N) is 2. The lowest BCUT2D eigenvalue weighted by Crippen LogP contribution is -2.22. The zero-order valence-electron chi connectivity index (χ0n) is 12.4. The van der Waals surface area contributed by atoms with Gasteiger partial charge in [-0.15, -0.1) is 0 Å². The topological polar surface area (TPSA) is 45.1 Å². The van der Waals surface area contributed by atoms with Crippen LogP contribution in [0.15, 0.2) is 23.4 Å². The number of aryl methyl sites for hydroxylation is 1. The molecule has 0 saturated carbocycles. The van der Waals surface area contributed by atoms with Crippen molar-refractivity contribution < 1.29 is 9.94 Å². The van der Waals surface area contributed by atoms with E-state index in [-0.39, 0.29) is 0 Å². The minimum Gasteiger partial charge on any atom is -0.493 e. The van der Waals surface area contributed by atoms with Crippen LogP contribution in [0, 0.1) is 6.92 Å². The molecule has 20 heavy (non-hydrogen) atoms. The van der Waals surface area contributed by atoms with Gasteiger partial charge in [-0.3, -0.25) is 0 Å². The Labute approximate surface area is 121 Å². The maximum absolute atomic E-state index is 8.92. The van der Waals surface area contributed by atoms with Gasteiger partial charge in [-0.1, -0.05) is 11.2 Å². The van der Waals surface area contributed by atoms with E-state index in [2.05, 4.69) is 10.1 Å². The lowest BCUT2D eigenvalue weighted by molar-refractivity contribution is 0.262. The summed E-state index contributed by atoms with van der Waals surface area (Å²) >= 11 is 0. The number of hydrogen-bond donors (Lipinski definition) is 1. The SMILES string of the molecule is CC(=NO)c1ccc(C)cc1OCCCN1CCCC1. The standard InChI is InChI=1S/C16H24N2O2/c1-13-6-7-15(14(2)17-19)16(12-13)20-11-5-10-18-8-3-4-9-18/h6-7,12,19H,3-5,8-11H2,1-2H3. The van der Waals surface area contributed by atoms with Crippen LogP contribution in [0.4, 0.5) is 0 Å². The number of rotatable bonds is 6. The maximum atomic E-state index is 8.92. The van der Waals surface area contributed by atoms with Crippen LogP contribution >= 0.6 is 0 Å². The average Bonchev–Trinajstić information content (AvgIpc) is 2.96. The van der Waals surface area contributed by atoms with Gasteiger partial charge in [0.05, 0.1) is 12.3 Å². The van der Waals surface area contributed by atoms with Gasteiger partial charge in [-0.2, -0.15) is 0 Å². The molecule has 0 aromatic heterocycles. The molecule has 4 nitrogen and oxygen atoms in total. The summed E-state index contributed by atoms with van der Waals surface area (Å²) in [6.45, 7) is 8.08. The molecule has 1 saturated heterocycles. The Morgan fingerprint density at radius 3 is 2.80 bits per heavy atom. The minimum atomic E-state index is 0.583. The molecule has 4 heteroatoms. The Bertz CT molecular complexity index is 466. The molecule has 0 spiro atoms. The smallest absolute Gasteiger partial charge is 0.128 e. The number of ether oxygens (including phenoxy) is 1. The van der Waals surface area contributed by atoms with Crippen LogP contribution in [-0.2, 0) is 0 Å². The number of oxime groups is 1. The first-order chi connectivity index (χ1) is 9.70. The fourth-order valence-electron chi connectivity index (χ4n) is 2.58. The van der Waals surface area contributed by atoms with E-state index in [9.17, 15) is 0 Å². The highest BCUT2D eigenvalue weighted by Gasteiger charge is 2.11. The molecule has 1 aromatic rings. The predicted molar refractivity (Wildman–Crippen MR) is 81.0 cm³/mol. The van der Waals surface area contributed by atoms with Crippen LogP contribution < -0.4 is 4.74 Å². The Hall–Kier alpha value is -1.55. The summed E-state index contributed by atoms with van der Waals surface area (Å²) in [4.78, 5) is 2.49. The molecule has 1 aromatic carbocycles. The summed E-state index contributed by atoms with van der Waals surface area (Å²) in [5, 5.41) is 12.2. The van der Waals surface area contributed by atoms with E-state index in [0.717, 1.165) is 29.8 Å². The largest absolute Gasteiger partial charge is 0.493 e. The van der Waals surface area contributed by atoms with Gasteiger partial charge < -0.3 is 14.8 Å². The molecule has 1 heterocycles. The third-order valence-electron chi connectivity index (χ3n) is 3.75. The van der Waals surface area contributed by atoms with Gasteiger partial charge in [0, 0.05) is 12.1 Å². The van der Waals surface area contributed by atoms with E-state index in [4.69, 9.17) is 9.94 Å². The number of benzene rings is 1. The first-order valence-electron chi connectivity index (χ1n) is 7.35. The quantitative estimate of drug-likeness (QED) is 0.376. The van der Waals surface area contributed by atoms with E-state index in [1.807, 2.05) is 25.1 Å². The van der Waals surface area contributed by atoms with Gasteiger partial charge in [0.25, 0.3) is 0 Å². The van der Waals surface area contributed by atoms with Crippen LogP contribution in [0.5, 0.6) is 5.75 Å². The van der Waals surface area contributed by atoms with Crippen molar-refractivity contribution in [1.29, 1.82) is 0 Å². The van der Waals surface area contributed by atoms with Gasteiger partial charge in [-0.25, -0.2) is 0 Å². The fraction of sp³-hybridized carbons (Fsp3) is 0.562. The second-order valence-electron chi connectivity index (χ2n) is 5.44. The maximum Gasteiger partial charge on any atom is 0.128 e. The van der Waals surface area contributed by atoms with Crippen molar-refractivity contribution in [3.8, 4) is 5.75 Å². The zero-order valence-corrected chi connectivity index (χ0v) is 12.4. The van der Waals surface area contributed by atoms with E-state index in [1.54, 1.807) is 6.92 Å². The van der Waals surface area contributed by atoms with Crippen molar-refractivity contribution in [2.75, 3.05) is 26.2 Å². The Balaban J connectivity index is 1.89. The lowest BCUT2D eigenvalue weighted by Gasteiger charge is -2.15. The molecule has 0 aliphatic carbocycles. The van der Waals surface area contributed by atoms with Gasteiger partial charge in [-0.05, 0) is 63.9 Å². The summed E-state index contributed by atoms with van der Waals surface area (Å²) < 4.78 is 5.88. The Morgan fingerprint density at radius 1 is 1.35 bits per heavy atom. The van der Waals surface area contributed by atoms with Crippen LogP contribution in [-0.4, -0.2) is 42.1 Å². The minimum absolute atomic E-state index is 0.583. The van der Waals surface area contributed by atoms with E-state index < -0.39 is 0 Å². The molecule has 110 valence electrons. The van der Waals surface area contributed by atoms with Crippen molar-refractivity contribution in [2.24, 2.45) is 5.16 Å². The highest BCUT2D eigenvalue weighted by molar-refractivity contribution is 6.00. The molecule has 0 radical (unpaired) electrons. The number of likely N-dealkylation sites (tertiary alicyclic amines) is 1. The van der Waals surface area contributed by atoms with Crippen molar-refractivity contribution in [3.63, 3.8) is 0 Å². The molecular weight excluding hydrogens is 252 g/mol. The Morgan fingerprint density at radius 2 is 2.10 bits per heavy atom. The molecular formula is C16H24N2O2. The van der Waals surface area contributed by atoms with Crippen molar-refractivity contribution in [3.05, 3.63) is 29.3 Å². The van der Waals surface area contributed by atoms with Gasteiger partial charge in [0.2, 0.25) is 0 Å². The van der Waals surface area contributed by atoms with Gasteiger partial charge in [0.15, 0.2) is 0 Å². The fourth-order valence-corrected chi connectivity index (χ4v) is 2.58. The van der Waals surface area contributed by atoms with Crippen molar-refractivity contribution in [1.82, 2.24) is 4.90 Å². The summed E-state index contributed by atoms with van der Waals surface area (Å²) in [5.74, 6) is 0.807. The van der Waals surface area contributed by atoms with Crippen molar-refractivity contribution >= 4 is 5.71 Å². The predicted octanol–water partition coefficient (Wildman–Crippen LogP) is 3.06. The van der Waals surface area contributed by atoms with E-state index in [1.165, 1.54) is 25.9 Å². The summed E-state index contributed by atoms with van der Waals surface area (Å²) in [6.07, 6.45) is 3.69. The highest BCUT2D eigenvalue weighted by atomic mass is 16.5. The monoisotopic (exact) mass is 276 g/mol. The molecule has 1 N–H and O–H groups in total. The van der Waals surface area contributed by atoms with Crippen LogP contribution in [0.3, 0.4) is 0 Å². The second kappa shape index (κ2) is 7.29. The normalized spacial score (nSPS) is 16.6. The molecule has 0 amide bonds. The second-order valence-corrected chi connectivity index (χ2v) is 5.44. The van der Waals surface area contributed by atoms with E-state index >= 15 is 0 Å². The third-order valence-corrected chi connectivity index (χ3v) is 3.75. The molecule has 1 aliphatic rings. The van der Waals surface area contributed by atoms with Gasteiger partial charge >= 0.3 is 0 Å². The molecule has 0 bridgehead atoms. The summed E-state index contributed by atoms with van der Waals surface area (Å²) in [7, 11) is 0. The number of hydrogen-bond acceptors (Lipinski definition) is 4. The highest BCUT2D eigenvalue weighted by Crippen LogP contribution is 2.21. The van der Waals surface area contributed by atoms with Crippen LogP contribution in [0.25, 0.3) is 0 Å². The summed E-state index contributed by atoms with van der Waals surface area (Å²) in [5.41, 5.74) is 2.59. The van der Waals surface area contributed by atoms with E-state index in [0.29, 0.717) is 12.3 Å². The zero-order chi connectivity index (χ0) is 14.4. The molecule has 0 atom stereocenters. The van der Waals surface area contributed by atoms with Crippen LogP contribution in [0.2, 0.25) is 0 Å². The molecule has 2 rings (SSSR count). The van der Waals surface area contributed by atoms with Crippen molar-refractivity contribution in [2.45, 2.75) is 33.1 Å². The van der Waals surface area contributed by atoms with Gasteiger partial charge in [0.1, 0.15) is 5.75 Å². The first kappa shape index (κ1) is 14.9. The molecule has 1 fully saturated rings. The molecule has 0 unspecified atom stereocenters. The first-order valence-corrected chi connectivity index (χ1v) is 7.35. The third kappa shape index (κ3) is 3.97. The lowest BCUT2D eigenvalue weighted by atomic mass is 10.1.